The van der Waals surface area contributed by atoms with Gasteiger partial charge in [-0.05, 0) is 61.8 Å². The molecular formula is C49H75N5O7. The van der Waals surface area contributed by atoms with Gasteiger partial charge in [-0.1, -0.05) is 111 Å². The number of aromatic nitrogens is 2. The number of ether oxygens (including phenoxy) is 2. The van der Waals surface area contributed by atoms with Gasteiger partial charge >= 0.3 is 0 Å². The second kappa shape index (κ2) is 24.4. The minimum Gasteiger partial charge on any atom is -0.420 e. The lowest BCUT2D eigenvalue weighted by Gasteiger charge is -2.41. The van der Waals surface area contributed by atoms with E-state index >= 15 is 0 Å². The van der Waals surface area contributed by atoms with Crippen LogP contribution in [0.3, 0.4) is 0 Å². The molecular weight excluding hydrogens is 771 g/mol. The summed E-state index contributed by atoms with van der Waals surface area (Å²) in [5, 5.41) is 11.9. The first kappa shape index (κ1) is 51.1. The Bertz CT molecular complexity index is 1800. The number of benzene rings is 2. The fourth-order valence-electron chi connectivity index (χ4n) is 9.09. The molecule has 1 N–H and O–H groups in total. The van der Waals surface area contributed by atoms with E-state index in [1.54, 1.807) is 33.2 Å². The van der Waals surface area contributed by atoms with Gasteiger partial charge in [0.1, 0.15) is 5.78 Å². The Morgan fingerprint density at radius 1 is 0.869 bits per heavy atom. The molecule has 1 saturated heterocycles. The van der Waals surface area contributed by atoms with Crippen molar-refractivity contribution in [3.05, 3.63) is 72.1 Å². The number of ketones is 2. The number of likely N-dealkylation sites (N-methyl/N-ethyl adjacent to an activating group) is 2. The van der Waals surface area contributed by atoms with Crippen LogP contribution in [-0.4, -0.2) is 109 Å². The summed E-state index contributed by atoms with van der Waals surface area (Å²) in [6, 6.07) is 18.5. The number of methoxy groups -OCH3 is 2. The van der Waals surface area contributed by atoms with Gasteiger partial charge in [-0.15, -0.1) is 10.2 Å². The van der Waals surface area contributed by atoms with Crippen molar-refractivity contribution >= 4 is 23.4 Å². The Morgan fingerprint density at radius 3 is 2.07 bits per heavy atom. The van der Waals surface area contributed by atoms with Crippen molar-refractivity contribution in [1.29, 1.82) is 0 Å². The Labute approximate surface area is 365 Å². The van der Waals surface area contributed by atoms with Crippen molar-refractivity contribution in [2.45, 2.75) is 137 Å². The van der Waals surface area contributed by atoms with E-state index in [0.29, 0.717) is 31.2 Å². The lowest BCUT2D eigenvalue weighted by atomic mass is 9.84. The predicted molar refractivity (Wildman–Crippen MR) is 241 cm³/mol. The second-order valence-corrected chi connectivity index (χ2v) is 17.5. The van der Waals surface area contributed by atoms with Crippen LogP contribution in [0.1, 0.15) is 112 Å². The molecule has 12 nitrogen and oxygen atoms in total. The number of Topliss-reactive ketones (excluding diaryl/α,β-unsaturated/α-hetero) is 2. The van der Waals surface area contributed by atoms with Crippen molar-refractivity contribution in [2.24, 2.45) is 29.6 Å². The summed E-state index contributed by atoms with van der Waals surface area (Å²) in [6.45, 7) is 14.5. The Morgan fingerprint density at radius 2 is 1.51 bits per heavy atom. The summed E-state index contributed by atoms with van der Waals surface area (Å²) in [4.78, 5) is 60.0. The first-order chi connectivity index (χ1) is 28.7. The van der Waals surface area contributed by atoms with Crippen LogP contribution in [-0.2, 0) is 35.1 Å². The second-order valence-electron chi connectivity index (χ2n) is 17.5. The maximum absolute atomic E-state index is 14.4. The molecule has 3 aromatic rings. The molecule has 12 heteroatoms. The average molecular weight is 846 g/mol. The molecule has 1 aromatic heterocycles. The predicted octanol–water partition coefficient (Wildman–Crippen LogP) is 8.05. The van der Waals surface area contributed by atoms with Crippen molar-refractivity contribution in [1.82, 2.24) is 25.3 Å². The van der Waals surface area contributed by atoms with Crippen molar-refractivity contribution in [3.8, 4) is 11.5 Å². The summed E-state index contributed by atoms with van der Waals surface area (Å²) in [5.74, 6) is -0.798. The summed E-state index contributed by atoms with van der Waals surface area (Å²) < 4.78 is 18.4. The highest BCUT2D eigenvalue weighted by Gasteiger charge is 2.43. The number of rotatable bonds is 24. The van der Waals surface area contributed by atoms with E-state index < -0.39 is 30.1 Å². The van der Waals surface area contributed by atoms with Crippen LogP contribution in [0.25, 0.3) is 11.5 Å². The van der Waals surface area contributed by atoms with Crippen molar-refractivity contribution in [3.63, 3.8) is 0 Å². The van der Waals surface area contributed by atoms with E-state index in [-0.39, 0.29) is 85.8 Å². The van der Waals surface area contributed by atoms with Crippen LogP contribution >= 0.6 is 0 Å². The summed E-state index contributed by atoms with van der Waals surface area (Å²) in [7, 11) is 6.75. The molecule has 0 unspecified atom stereocenters. The highest BCUT2D eigenvalue weighted by atomic mass is 16.5. The van der Waals surface area contributed by atoms with Crippen LogP contribution in [0.4, 0.5) is 0 Å². The SMILES string of the molecule is C.CC[C@H](C)[C@@H]([C@@H](CC(=O)N1CCC[C@H]1[C@H](OC)[C@@H](C)C(=O)C[C@H](Cc1ccccc1)c1nnc(-c2ccccc2)o1)OC)N(C)C(=O)[C@@H](CC(=O)[C@@H](NC)C(C)C)C(C)C. The highest BCUT2D eigenvalue weighted by molar-refractivity contribution is 5.90. The molecule has 2 aromatic carbocycles. The zero-order valence-electron chi connectivity index (χ0n) is 37.9. The molecule has 0 bridgehead atoms. The number of nitrogens with one attached hydrogen (secondary N) is 1. The number of likely N-dealkylation sites (tertiary alicyclic amines) is 1. The van der Waals surface area contributed by atoms with Gasteiger partial charge in [-0.2, -0.15) is 0 Å². The topological polar surface area (TPSA) is 144 Å². The van der Waals surface area contributed by atoms with E-state index in [4.69, 9.17) is 13.9 Å². The molecule has 2 heterocycles. The van der Waals surface area contributed by atoms with Gasteiger partial charge in [-0.25, -0.2) is 0 Å². The zero-order valence-corrected chi connectivity index (χ0v) is 37.9. The van der Waals surface area contributed by atoms with E-state index in [1.165, 1.54) is 0 Å². The molecule has 0 radical (unpaired) electrons. The molecule has 0 aliphatic carbocycles. The number of carbonyl (C=O) groups excluding carboxylic acids is 4. The van der Waals surface area contributed by atoms with Gasteiger partial charge in [0.25, 0.3) is 0 Å². The smallest absolute Gasteiger partial charge is 0.247 e. The summed E-state index contributed by atoms with van der Waals surface area (Å²) in [6.07, 6.45) is 1.97. The van der Waals surface area contributed by atoms with Crippen LogP contribution in [0, 0.1) is 29.6 Å². The van der Waals surface area contributed by atoms with E-state index in [0.717, 1.165) is 24.0 Å². The summed E-state index contributed by atoms with van der Waals surface area (Å²) in [5.41, 5.74) is 1.86. The third-order valence-corrected chi connectivity index (χ3v) is 12.8. The van der Waals surface area contributed by atoms with Gasteiger partial charge in [0.2, 0.25) is 23.6 Å². The molecule has 1 aliphatic rings. The number of hydrogen-bond acceptors (Lipinski definition) is 10. The molecule has 2 amide bonds. The monoisotopic (exact) mass is 846 g/mol. The van der Waals surface area contributed by atoms with Gasteiger partial charge < -0.3 is 29.0 Å². The molecule has 0 spiro atoms. The van der Waals surface area contributed by atoms with Crippen LogP contribution in [0.5, 0.6) is 0 Å². The molecule has 1 fully saturated rings. The number of carbonyl (C=O) groups is 4. The standard InChI is InChI=1S/C48H71N5O7.CH4/c1-12-32(6)44(52(9)48(57)37(30(2)3)28-40(55)43(49-8)31(4)5)41(58-10)29-42(56)53-25-19-24-38(53)45(59-11)33(7)39(54)27-36(26-34-20-15-13-16-21-34)47-51-50-46(60-47)35-22-17-14-18-23-35;/h13-18,20-23,30-33,36-38,41,43-45,49H,12,19,24-29H2,1-11H3;1H4/t32-,33-,36-,37-,38-,41+,43-,44-,45+;/m0./s1. The molecule has 61 heavy (non-hydrogen) atoms. The normalized spacial score (nSPS) is 18.1. The first-order valence-corrected chi connectivity index (χ1v) is 21.9. The van der Waals surface area contributed by atoms with E-state index in [9.17, 15) is 19.2 Å². The van der Waals surface area contributed by atoms with E-state index in [1.807, 2.05) is 100 Å². The summed E-state index contributed by atoms with van der Waals surface area (Å²) >= 11 is 0. The average Bonchev–Trinajstić information content (AvgIpc) is 3.94. The maximum atomic E-state index is 14.4. The maximum Gasteiger partial charge on any atom is 0.247 e. The van der Waals surface area contributed by atoms with Gasteiger partial charge in [0.15, 0.2) is 5.78 Å². The third-order valence-electron chi connectivity index (χ3n) is 12.8. The van der Waals surface area contributed by atoms with Gasteiger partial charge in [-0.3, -0.25) is 19.2 Å². The number of amides is 2. The number of nitrogens with zero attached hydrogens (tertiary/aromatic N) is 4. The quantitative estimate of drug-likeness (QED) is 0.0941. The molecule has 4 rings (SSSR count). The Kier molecular flexibility index (Phi) is 20.4. The largest absolute Gasteiger partial charge is 0.420 e. The minimum atomic E-state index is -0.596. The lowest BCUT2D eigenvalue weighted by molar-refractivity contribution is -0.149. The van der Waals surface area contributed by atoms with Gasteiger partial charge in [0.05, 0.1) is 36.8 Å². The molecule has 338 valence electrons. The fraction of sp³-hybridized carbons (Fsp3) is 0.633. The van der Waals surface area contributed by atoms with E-state index in [2.05, 4.69) is 29.4 Å². The molecule has 1 aliphatic heterocycles. The van der Waals surface area contributed by atoms with Crippen LogP contribution in [0.2, 0.25) is 0 Å². The first-order valence-electron chi connectivity index (χ1n) is 21.9. The van der Waals surface area contributed by atoms with Crippen molar-refractivity contribution < 1.29 is 33.1 Å². The van der Waals surface area contributed by atoms with Crippen LogP contribution < -0.4 is 5.32 Å². The fourth-order valence-corrected chi connectivity index (χ4v) is 9.09. The zero-order chi connectivity index (χ0) is 44.1. The minimum absolute atomic E-state index is 0. The number of hydrogen-bond donors (Lipinski definition) is 1. The third kappa shape index (κ3) is 13.1. The molecule has 0 saturated carbocycles. The highest BCUT2D eigenvalue weighted by Crippen LogP contribution is 2.33. The Balaban J connectivity index is 0.00000992. The molecule has 9 atom stereocenters. The van der Waals surface area contributed by atoms with Crippen molar-refractivity contribution in [2.75, 3.05) is 34.9 Å². The Hall–Kier alpha value is -4.26. The van der Waals surface area contributed by atoms with Gasteiger partial charge in [0, 0.05) is 64.0 Å². The van der Waals surface area contributed by atoms with Crippen LogP contribution in [0.15, 0.2) is 65.1 Å². The lowest BCUT2D eigenvalue weighted by Crippen LogP contribution is -2.54.